The van der Waals surface area contributed by atoms with E-state index in [1.165, 1.54) is 11.1 Å². The summed E-state index contributed by atoms with van der Waals surface area (Å²) in [5.41, 5.74) is 8.54. The van der Waals surface area contributed by atoms with E-state index in [0.717, 1.165) is 57.8 Å². The Morgan fingerprint density at radius 2 is 1.91 bits per heavy atom. The number of benzene rings is 2. The number of pyridine rings is 1. The first kappa shape index (κ1) is 22.9. The lowest BCUT2D eigenvalue weighted by atomic mass is 10.00. The molecular formula is C28H30N4O3. The molecule has 0 radical (unpaired) electrons. The molecule has 0 spiro atoms. The first-order valence-corrected chi connectivity index (χ1v) is 11.9. The SMILES string of the molecule is COc1nn(C)c2nc(C)c(CCC(=O)NCc3ccc(-c4ccc5c(c4)CCO5)cc3)c(C)c12. The largest absolute Gasteiger partial charge is 0.493 e. The summed E-state index contributed by atoms with van der Waals surface area (Å²) in [6.07, 6.45) is 1.98. The summed E-state index contributed by atoms with van der Waals surface area (Å²) >= 11 is 0. The number of hydrogen-bond acceptors (Lipinski definition) is 5. The Labute approximate surface area is 205 Å². The van der Waals surface area contributed by atoms with Gasteiger partial charge in [0.25, 0.3) is 0 Å². The summed E-state index contributed by atoms with van der Waals surface area (Å²) in [4.78, 5) is 17.3. The molecule has 2 aromatic carbocycles. The third kappa shape index (κ3) is 4.46. The molecule has 180 valence electrons. The van der Waals surface area contributed by atoms with Crippen LogP contribution in [0, 0.1) is 13.8 Å². The molecule has 2 aromatic heterocycles. The highest BCUT2D eigenvalue weighted by Gasteiger charge is 2.18. The highest BCUT2D eigenvalue weighted by molar-refractivity contribution is 5.86. The monoisotopic (exact) mass is 470 g/mol. The highest BCUT2D eigenvalue weighted by atomic mass is 16.5. The standard InChI is InChI=1S/C28H30N4O3/c1-17-23(18(2)30-27-26(17)28(34-4)31-32(27)3)10-12-25(33)29-16-19-5-7-20(8-6-19)21-9-11-24-22(15-21)13-14-35-24/h5-9,11,15H,10,12-14,16H2,1-4H3,(H,29,33). The molecule has 0 atom stereocenters. The fraction of sp³-hybridized carbons (Fsp3) is 0.321. The lowest BCUT2D eigenvalue weighted by Crippen LogP contribution is -2.23. The predicted molar refractivity (Wildman–Crippen MR) is 136 cm³/mol. The molecule has 1 aliphatic heterocycles. The van der Waals surface area contributed by atoms with Gasteiger partial charge < -0.3 is 14.8 Å². The summed E-state index contributed by atoms with van der Waals surface area (Å²) in [5, 5.41) is 8.35. The quantitative estimate of drug-likeness (QED) is 0.432. The predicted octanol–water partition coefficient (Wildman–Crippen LogP) is 4.44. The van der Waals surface area contributed by atoms with Gasteiger partial charge in [-0.25, -0.2) is 9.67 Å². The van der Waals surface area contributed by atoms with Crippen LogP contribution in [0.4, 0.5) is 0 Å². The molecule has 0 unspecified atom stereocenters. The number of fused-ring (bicyclic) bond motifs is 2. The van der Waals surface area contributed by atoms with Crippen molar-refractivity contribution in [3.05, 3.63) is 70.4 Å². The smallest absolute Gasteiger partial charge is 0.242 e. The van der Waals surface area contributed by atoms with Gasteiger partial charge in [-0.2, -0.15) is 0 Å². The van der Waals surface area contributed by atoms with Gasteiger partial charge in [-0.3, -0.25) is 4.79 Å². The Morgan fingerprint density at radius 3 is 2.69 bits per heavy atom. The molecule has 0 saturated carbocycles. The van der Waals surface area contributed by atoms with Gasteiger partial charge >= 0.3 is 0 Å². The van der Waals surface area contributed by atoms with Crippen molar-refractivity contribution in [1.29, 1.82) is 0 Å². The molecule has 0 bridgehead atoms. The molecule has 5 rings (SSSR count). The second-order valence-electron chi connectivity index (χ2n) is 9.03. The normalized spacial score (nSPS) is 12.5. The van der Waals surface area contributed by atoms with Crippen LogP contribution in [0.3, 0.4) is 0 Å². The summed E-state index contributed by atoms with van der Waals surface area (Å²) in [6.45, 7) is 5.29. The van der Waals surface area contributed by atoms with Crippen LogP contribution in [0.25, 0.3) is 22.2 Å². The van der Waals surface area contributed by atoms with Crippen molar-refractivity contribution in [3.8, 4) is 22.8 Å². The second-order valence-corrected chi connectivity index (χ2v) is 9.03. The first-order chi connectivity index (χ1) is 16.9. The van der Waals surface area contributed by atoms with Crippen molar-refractivity contribution in [3.63, 3.8) is 0 Å². The van der Waals surface area contributed by atoms with Gasteiger partial charge in [-0.05, 0) is 65.8 Å². The van der Waals surface area contributed by atoms with Gasteiger partial charge in [0.1, 0.15) is 5.75 Å². The molecule has 1 N–H and O–H groups in total. The van der Waals surface area contributed by atoms with E-state index in [1.54, 1.807) is 11.8 Å². The highest BCUT2D eigenvalue weighted by Crippen LogP contribution is 2.31. The number of rotatable bonds is 7. The van der Waals surface area contributed by atoms with Gasteiger partial charge in [0.05, 0.1) is 19.1 Å². The van der Waals surface area contributed by atoms with Crippen LogP contribution >= 0.6 is 0 Å². The van der Waals surface area contributed by atoms with E-state index in [1.807, 2.05) is 27.0 Å². The summed E-state index contributed by atoms with van der Waals surface area (Å²) in [5.74, 6) is 1.58. The Morgan fingerprint density at radius 1 is 1.14 bits per heavy atom. The van der Waals surface area contributed by atoms with Crippen LogP contribution in [0.15, 0.2) is 42.5 Å². The lowest BCUT2D eigenvalue weighted by Gasteiger charge is -2.12. The van der Waals surface area contributed by atoms with Gasteiger partial charge in [0, 0.05) is 32.1 Å². The van der Waals surface area contributed by atoms with E-state index in [2.05, 4.69) is 46.8 Å². The van der Waals surface area contributed by atoms with E-state index in [-0.39, 0.29) is 5.91 Å². The Bertz CT molecular complexity index is 1410. The maximum atomic E-state index is 12.6. The molecule has 3 heterocycles. The molecule has 1 amide bonds. The zero-order chi connectivity index (χ0) is 24.5. The van der Waals surface area contributed by atoms with Crippen molar-refractivity contribution in [2.45, 2.75) is 39.7 Å². The van der Waals surface area contributed by atoms with E-state index < -0.39 is 0 Å². The van der Waals surface area contributed by atoms with Crippen LogP contribution in [-0.2, 0) is 31.2 Å². The van der Waals surface area contributed by atoms with Gasteiger partial charge in [-0.1, -0.05) is 30.3 Å². The number of nitrogens with zero attached hydrogens (tertiary/aromatic N) is 3. The van der Waals surface area contributed by atoms with E-state index in [0.29, 0.717) is 25.3 Å². The molecular weight excluding hydrogens is 440 g/mol. The van der Waals surface area contributed by atoms with Crippen molar-refractivity contribution < 1.29 is 14.3 Å². The van der Waals surface area contributed by atoms with Crippen LogP contribution in [-0.4, -0.2) is 34.4 Å². The summed E-state index contributed by atoms with van der Waals surface area (Å²) < 4.78 is 12.8. The third-order valence-electron chi connectivity index (χ3n) is 6.78. The number of hydrogen-bond donors (Lipinski definition) is 1. The summed E-state index contributed by atoms with van der Waals surface area (Å²) in [7, 11) is 3.47. The van der Waals surface area contributed by atoms with Crippen LogP contribution in [0.5, 0.6) is 11.6 Å². The average Bonchev–Trinajstić information content (AvgIpc) is 3.46. The number of aryl methyl sites for hydroxylation is 3. The number of amides is 1. The number of carbonyl (C=O) groups is 1. The maximum Gasteiger partial charge on any atom is 0.242 e. The Kier molecular flexibility index (Phi) is 6.16. The Balaban J connectivity index is 1.20. The van der Waals surface area contributed by atoms with E-state index >= 15 is 0 Å². The fourth-order valence-electron chi connectivity index (χ4n) is 4.82. The van der Waals surface area contributed by atoms with Gasteiger partial charge in [-0.15, -0.1) is 5.10 Å². The minimum atomic E-state index is 0.0183. The first-order valence-electron chi connectivity index (χ1n) is 11.9. The van der Waals surface area contributed by atoms with Crippen LogP contribution in [0.2, 0.25) is 0 Å². The molecule has 7 heteroatoms. The second kappa shape index (κ2) is 9.41. The molecule has 0 aliphatic carbocycles. The van der Waals surface area contributed by atoms with Crippen molar-refractivity contribution >= 4 is 16.9 Å². The molecule has 35 heavy (non-hydrogen) atoms. The zero-order valence-corrected chi connectivity index (χ0v) is 20.6. The number of nitrogens with one attached hydrogen (secondary N) is 1. The van der Waals surface area contributed by atoms with Crippen LogP contribution < -0.4 is 14.8 Å². The van der Waals surface area contributed by atoms with E-state index in [9.17, 15) is 4.79 Å². The molecule has 4 aromatic rings. The number of ether oxygens (including phenoxy) is 2. The fourth-order valence-corrected chi connectivity index (χ4v) is 4.82. The van der Waals surface area contributed by atoms with Gasteiger partial charge in [0.15, 0.2) is 5.65 Å². The summed E-state index contributed by atoms with van der Waals surface area (Å²) in [6, 6.07) is 14.7. The number of carbonyl (C=O) groups excluding carboxylic acids is 1. The molecule has 0 fully saturated rings. The number of methoxy groups -OCH3 is 1. The van der Waals surface area contributed by atoms with E-state index in [4.69, 9.17) is 14.5 Å². The third-order valence-corrected chi connectivity index (χ3v) is 6.78. The van der Waals surface area contributed by atoms with Crippen molar-refractivity contribution in [2.75, 3.05) is 13.7 Å². The van der Waals surface area contributed by atoms with Crippen molar-refractivity contribution in [1.82, 2.24) is 20.1 Å². The van der Waals surface area contributed by atoms with Gasteiger partial charge in [0.2, 0.25) is 11.8 Å². The Hall–Kier alpha value is -3.87. The minimum Gasteiger partial charge on any atom is -0.493 e. The molecule has 7 nitrogen and oxygen atoms in total. The average molecular weight is 471 g/mol. The van der Waals surface area contributed by atoms with Crippen molar-refractivity contribution in [2.24, 2.45) is 7.05 Å². The van der Waals surface area contributed by atoms with Crippen LogP contribution in [0.1, 0.15) is 34.4 Å². The molecule has 1 aliphatic rings. The topological polar surface area (TPSA) is 78.3 Å². The molecule has 0 saturated heterocycles. The maximum absolute atomic E-state index is 12.6. The minimum absolute atomic E-state index is 0.0183. The number of aromatic nitrogens is 3. The zero-order valence-electron chi connectivity index (χ0n) is 20.6. The lowest BCUT2D eigenvalue weighted by molar-refractivity contribution is -0.121.